The molecule has 4 aromatic rings. The minimum absolute atomic E-state index is 0.0512. The van der Waals surface area contributed by atoms with Crippen molar-refractivity contribution < 1.29 is 27.7 Å². The summed E-state index contributed by atoms with van der Waals surface area (Å²) in [4.78, 5) is 2.33. The molecule has 4 heterocycles. The summed E-state index contributed by atoms with van der Waals surface area (Å²) in [5.41, 5.74) is 4.03. The minimum atomic E-state index is -3.54. The van der Waals surface area contributed by atoms with Gasteiger partial charge in [-0.3, -0.25) is 4.90 Å². The van der Waals surface area contributed by atoms with Crippen LogP contribution in [-0.4, -0.2) is 74.9 Å². The van der Waals surface area contributed by atoms with Gasteiger partial charge in [-0.1, -0.05) is 6.07 Å². The molecule has 11 heteroatoms. The van der Waals surface area contributed by atoms with E-state index in [1.165, 1.54) is 16.9 Å². The number of fused-ring (bicyclic) bond motifs is 4. The molecule has 1 fully saturated rings. The largest absolute Gasteiger partial charge is 0.497 e. The Kier molecular flexibility index (Phi) is 7.73. The Bertz CT molecular complexity index is 1670. The molecule has 224 valence electrons. The van der Waals surface area contributed by atoms with Crippen LogP contribution in [0.25, 0.3) is 10.9 Å². The summed E-state index contributed by atoms with van der Waals surface area (Å²) < 4.78 is 47.7. The standard InChI is InChI=1S/C31H37N3O6S2/c1-32-26-17-22(38-2)7-8-25(26)29-30(32)27(19-35)33(18-21-14-23(39-3)16-24(15-21)40-4)20-31(29)9-11-34(12-10-31)42(36,37)28-6-5-13-41-28/h5-8,13-17,27,35H,9-12,18-20H2,1-4H3/t27-/m0/s1. The zero-order valence-corrected chi connectivity index (χ0v) is 26.0. The summed E-state index contributed by atoms with van der Waals surface area (Å²) in [6.07, 6.45) is 1.34. The van der Waals surface area contributed by atoms with Crippen molar-refractivity contribution in [2.45, 2.75) is 35.1 Å². The zero-order chi connectivity index (χ0) is 29.6. The van der Waals surface area contributed by atoms with Gasteiger partial charge < -0.3 is 23.9 Å². The first-order valence-electron chi connectivity index (χ1n) is 14.0. The van der Waals surface area contributed by atoms with Crippen molar-refractivity contribution in [2.24, 2.45) is 7.05 Å². The van der Waals surface area contributed by atoms with Crippen molar-refractivity contribution in [1.29, 1.82) is 0 Å². The van der Waals surface area contributed by atoms with Crippen molar-refractivity contribution >= 4 is 32.3 Å². The summed E-state index contributed by atoms with van der Waals surface area (Å²) in [6, 6.07) is 15.2. The van der Waals surface area contributed by atoms with Crippen LogP contribution in [0.3, 0.4) is 0 Å². The highest BCUT2D eigenvalue weighted by Gasteiger charge is 2.49. The molecule has 0 unspecified atom stereocenters. The van der Waals surface area contributed by atoms with E-state index < -0.39 is 10.0 Å². The summed E-state index contributed by atoms with van der Waals surface area (Å²) >= 11 is 1.26. The van der Waals surface area contributed by atoms with Gasteiger partial charge in [-0.05, 0) is 59.7 Å². The summed E-state index contributed by atoms with van der Waals surface area (Å²) in [7, 11) is 3.44. The molecule has 1 spiro atoms. The fourth-order valence-corrected chi connectivity index (χ4v) is 9.51. The predicted molar refractivity (Wildman–Crippen MR) is 163 cm³/mol. The second-order valence-corrected chi connectivity index (χ2v) is 14.3. The average molecular weight is 612 g/mol. The third-order valence-electron chi connectivity index (χ3n) is 8.98. The van der Waals surface area contributed by atoms with Crippen molar-refractivity contribution in [3.05, 3.63) is 70.7 Å². The molecule has 0 bridgehead atoms. The molecule has 2 aliphatic heterocycles. The molecule has 1 N–H and O–H groups in total. The van der Waals surface area contributed by atoms with E-state index in [-0.39, 0.29) is 18.1 Å². The van der Waals surface area contributed by atoms with Gasteiger partial charge in [-0.15, -0.1) is 11.3 Å². The molecule has 2 aliphatic rings. The van der Waals surface area contributed by atoms with E-state index in [0.717, 1.165) is 27.9 Å². The van der Waals surface area contributed by atoms with Crippen LogP contribution in [0.1, 0.15) is 35.7 Å². The Balaban J connectivity index is 1.45. The normalized spacial score (nSPS) is 19.2. The monoisotopic (exact) mass is 611 g/mol. The van der Waals surface area contributed by atoms with Crippen LogP contribution in [0.4, 0.5) is 0 Å². The highest BCUT2D eigenvalue weighted by molar-refractivity contribution is 7.91. The molecule has 1 atom stereocenters. The van der Waals surface area contributed by atoms with Crippen LogP contribution in [-0.2, 0) is 29.0 Å². The predicted octanol–water partition coefficient (Wildman–Crippen LogP) is 4.54. The van der Waals surface area contributed by atoms with Crippen LogP contribution in [0.2, 0.25) is 0 Å². The fraction of sp³-hybridized carbons (Fsp3) is 0.419. The van der Waals surface area contributed by atoms with E-state index in [9.17, 15) is 13.5 Å². The average Bonchev–Trinajstić information content (AvgIpc) is 3.65. The first kappa shape index (κ1) is 29.0. The van der Waals surface area contributed by atoms with Crippen molar-refractivity contribution in [2.75, 3.05) is 47.6 Å². The lowest BCUT2D eigenvalue weighted by Crippen LogP contribution is -2.54. The topological polar surface area (TPSA) is 93.5 Å². The SMILES string of the molecule is COc1cc(CN2CC3(CCN(S(=O)(=O)c4cccs4)CC3)c3c(n(C)c4cc(OC)ccc34)[C@@H]2CO)cc(OC)c1. The number of aromatic nitrogens is 1. The van der Waals surface area contributed by atoms with Crippen molar-refractivity contribution in [3.63, 3.8) is 0 Å². The van der Waals surface area contributed by atoms with Crippen molar-refractivity contribution in [1.82, 2.24) is 13.8 Å². The van der Waals surface area contributed by atoms with Crippen LogP contribution in [0.5, 0.6) is 17.2 Å². The van der Waals surface area contributed by atoms with Gasteiger partial charge in [0.25, 0.3) is 10.0 Å². The summed E-state index contributed by atoms with van der Waals surface area (Å²) in [6.45, 7) is 2.06. The number of aliphatic hydroxyl groups is 1. The van der Waals surface area contributed by atoms with E-state index in [1.54, 1.807) is 43.1 Å². The molecule has 1 saturated heterocycles. The molecule has 2 aromatic heterocycles. The molecule has 2 aromatic carbocycles. The maximum atomic E-state index is 13.4. The van der Waals surface area contributed by atoms with Gasteiger partial charge in [-0.25, -0.2) is 8.42 Å². The van der Waals surface area contributed by atoms with Gasteiger partial charge in [-0.2, -0.15) is 4.31 Å². The lowest BCUT2D eigenvalue weighted by atomic mass is 9.68. The Morgan fingerprint density at radius 1 is 0.976 bits per heavy atom. The molecule has 0 saturated carbocycles. The Hall–Kier alpha value is -3.09. The molecule has 0 aliphatic carbocycles. The van der Waals surface area contributed by atoms with Crippen LogP contribution >= 0.6 is 11.3 Å². The molecule has 9 nitrogen and oxygen atoms in total. The minimum Gasteiger partial charge on any atom is -0.497 e. The second-order valence-electron chi connectivity index (χ2n) is 11.1. The van der Waals surface area contributed by atoms with Crippen LogP contribution < -0.4 is 14.2 Å². The molecule has 0 radical (unpaired) electrons. The summed E-state index contributed by atoms with van der Waals surface area (Å²) in [5.74, 6) is 2.19. The number of piperidine rings is 1. The number of nitrogens with zero attached hydrogens (tertiary/aromatic N) is 3. The van der Waals surface area contributed by atoms with Gasteiger partial charge >= 0.3 is 0 Å². The van der Waals surface area contributed by atoms with E-state index in [1.807, 2.05) is 37.4 Å². The number of ether oxygens (including phenoxy) is 3. The highest BCUT2D eigenvalue weighted by Crippen LogP contribution is 2.51. The van der Waals surface area contributed by atoms with E-state index in [4.69, 9.17) is 14.2 Å². The number of aryl methyl sites for hydroxylation is 1. The number of sulfonamides is 1. The third kappa shape index (κ3) is 4.77. The van der Waals surface area contributed by atoms with Gasteiger partial charge in [0.2, 0.25) is 0 Å². The van der Waals surface area contributed by atoms with E-state index in [0.29, 0.717) is 54.7 Å². The Morgan fingerprint density at radius 3 is 2.26 bits per heavy atom. The van der Waals surface area contributed by atoms with Gasteiger partial charge in [0.1, 0.15) is 21.5 Å². The molecular formula is C31H37N3O6S2. The van der Waals surface area contributed by atoms with Gasteiger partial charge in [0.05, 0.1) is 39.5 Å². The number of hydrogen-bond acceptors (Lipinski definition) is 8. The maximum Gasteiger partial charge on any atom is 0.252 e. The number of aliphatic hydroxyl groups excluding tert-OH is 1. The van der Waals surface area contributed by atoms with Gasteiger partial charge in [0, 0.05) is 61.9 Å². The quantitative estimate of drug-likeness (QED) is 0.313. The molecule has 0 amide bonds. The smallest absolute Gasteiger partial charge is 0.252 e. The number of rotatable bonds is 8. The van der Waals surface area contributed by atoms with Crippen LogP contribution in [0, 0.1) is 0 Å². The highest BCUT2D eigenvalue weighted by atomic mass is 32.2. The molecule has 6 rings (SSSR count). The number of methoxy groups -OCH3 is 3. The second kappa shape index (κ2) is 11.2. The van der Waals surface area contributed by atoms with Crippen LogP contribution in [0.15, 0.2) is 58.1 Å². The first-order chi connectivity index (χ1) is 20.2. The Morgan fingerprint density at radius 2 is 1.67 bits per heavy atom. The zero-order valence-electron chi connectivity index (χ0n) is 24.4. The number of thiophene rings is 1. The number of hydrogen-bond donors (Lipinski definition) is 1. The van der Waals surface area contributed by atoms with Gasteiger partial charge in [0.15, 0.2) is 0 Å². The fourth-order valence-electron chi connectivity index (χ4n) is 6.92. The summed E-state index contributed by atoms with van der Waals surface area (Å²) in [5, 5.41) is 13.8. The maximum absolute atomic E-state index is 13.4. The van der Waals surface area contributed by atoms with E-state index >= 15 is 0 Å². The first-order valence-corrected chi connectivity index (χ1v) is 16.3. The third-order valence-corrected chi connectivity index (χ3v) is 12.3. The Labute approximate surface area is 250 Å². The lowest BCUT2D eigenvalue weighted by Gasteiger charge is -2.50. The molecule has 42 heavy (non-hydrogen) atoms. The molecular weight excluding hydrogens is 574 g/mol. The lowest BCUT2D eigenvalue weighted by molar-refractivity contribution is 0.0515. The van der Waals surface area contributed by atoms with E-state index in [2.05, 4.69) is 15.5 Å². The number of benzene rings is 2. The van der Waals surface area contributed by atoms with Crippen molar-refractivity contribution in [3.8, 4) is 17.2 Å².